The predicted octanol–water partition coefficient (Wildman–Crippen LogP) is 2.72. The number of nitrogens with zero attached hydrogens (tertiary/aromatic N) is 2. The summed E-state index contributed by atoms with van der Waals surface area (Å²) in [5, 5.41) is 0. The molecule has 92 valence electrons. The molecule has 2 aromatic heterocycles. The lowest BCUT2D eigenvalue weighted by molar-refractivity contribution is 0.535. The molecule has 0 saturated heterocycles. The molecule has 1 aliphatic carbocycles. The first kappa shape index (κ1) is 11.2. The first-order valence-electron chi connectivity index (χ1n) is 6.47. The van der Waals surface area contributed by atoms with E-state index in [-0.39, 0.29) is 0 Å². The summed E-state index contributed by atoms with van der Waals surface area (Å²) in [5.74, 6) is 1.13. The van der Waals surface area contributed by atoms with Crippen molar-refractivity contribution in [2.24, 2.45) is 0 Å². The second-order valence-corrected chi connectivity index (χ2v) is 4.93. The number of anilines is 1. The van der Waals surface area contributed by atoms with Crippen LogP contribution >= 0.6 is 0 Å². The molecule has 1 aliphatic rings. The highest BCUT2D eigenvalue weighted by molar-refractivity contribution is 5.34. The van der Waals surface area contributed by atoms with E-state index in [1.54, 1.807) is 6.20 Å². The molecule has 2 aromatic rings. The minimum atomic E-state index is 0.525. The van der Waals surface area contributed by atoms with Crippen LogP contribution in [0.1, 0.15) is 35.6 Å². The fourth-order valence-electron chi connectivity index (χ4n) is 2.81. The largest absolute Gasteiger partial charge is 0.384 e. The summed E-state index contributed by atoms with van der Waals surface area (Å²) in [5.41, 5.74) is 9.68. The van der Waals surface area contributed by atoms with Gasteiger partial charge in [-0.1, -0.05) is 6.07 Å². The van der Waals surface area contributed by atoms with Crippen LogP contribution in [0.3, 0.4) is 0 Å². The maximum atomic E-state index is 5.73. The number of hydrogen-bond donors (Lipinski definition) is 1. The summed E-state index contributed by atoms with van der Waals surface area (Å²) in [4.78, 5) is 8.61. The van der Waals surface area contributed by atoms with Crippen LogP contribution in [0.5, 0.6) is 0 Å². The summed E-state index contributed by atoms with van der Waals surface area (Å²) in [6.07, 6.45) is 8.33. The highest BCUT2D eigenvalue weighted by Crippen LogP contribution is 2.32. The molecule has 0 saturated carbocycles. The summed E-state index contributed by atoms with van der Waals surface area (Å²) in [7, 11) is 0. The van der Waals surface area contributed by atoms with Crippen LogP contribution in [0.4, 0.5) is 5.82 Å². The van der Waals surface area contributed by atoms with Gasteiger partial charge in [-0.15, -0.1) is 0 Å². The van der Waals surface area contributed by atoms with Gasteiger partial charge >= 0.3 is 0 Å². The number of pyridine rings is 2. The second-order valence-electron chi connectivity index (χ2n) is 4.93. The van der Waals surface area contributed by atoms with Crippen LogP contribution in [0.15, 0.2) is 36.7 Å². The zero-order valence-electron chi connectivity index (χ0n) is 10.3. The van der Waals surface area contributed by atoms with E-state index in [1.807, 2.05) is 24.4 Å². The molecule has 2 heterocycles. The Morgan fingerprint density at radius 2 is 2.17 bits per heavy atom. The van der Waals surface area contributed by atoms with Gasteiger partial charge in [0.25, 0.3) is 0 Å². The quantitative estimate of drug-likeness (QED) is 0.876. The van der Waals surface area contributed by atoms with E-state index in [2.05, 4.69) is 16.0 Å². The van der Waals surface area contributed by atoms with Crippen molar-refractivity contribution in [1.82, 2.24) is 9.97 Å². The average Bonchev–Trinajstić information content (AvgIpc) is 2.39. The third-order valence-electron chi connectivity index (χ3n) is 3.64. The zero-order valence-corrected chi connectivity index (χ0v) is 10.3. The van der Waals surface area contributed by atoms with Crippen molar-refractivity contribution in [2.75, 3.05) is 5.73 Å². The Morgan fingerprint density at radius 1 is 1.22 bits per heavy atom. The summed E-state index contributed by atoms with van der Waals surface area (Å²) in [6, 6.07) is 8.26. The molecular formula is C15H17N3. The fraction of sp³-hybridized carbons (Fsp3) is 0.333. The van der Waals surface area contributed by atoms with E-state index < -0.39 is 0 Å². The van der Waals surface area contributed by atoms with Crippen LogP contribution in [-0.4, -0.2) is 9.97 Å². The Bertz CT molecular complexity index is 551. The van der Waals surface area contributed by atoms with E-state index >= 15 is 0 Å². The molecule has 3 rings (SSSR count). The van der Waals surface area contributed by atoms with Crippen LogP contribution < -0.4 is 5.73 Å². The standard InChI is InChI=1S/C15H17N3/c16-14-10-11(6-8-17-14)9-13-4-1-3-12-5-2-7-18-15(12)13/h2,5-8,10,13H,1,3-4,9H2,(H2,16,17). The van der Waals surface area contributed by atoms with Crippen LogP contribution in [0.25, 0.3) is 0 Å². The SMILES string of the molecule is Nc1cc(CC2CCCc3cccnc32)ccn1. The van der Waals surface area contributed by atoms with Gasteiger partial charge in [-0.3, -0.25) is 4.98 Å². The predicted molar refractivity (Wildman–Crippen MR) is 72.3 cm³/mol. The number of nitrogens with two attached hydrogens (primary N) is 1. The molecule has 3 heteroatoms. The van der Waals surface area contributed by atoms with Gasteiger partial charge in [-0.05, 0) is 55.0 Å². The zero-order chi connectivity index (χ0) is 12.4. The average molecular weight is 239 g/mol. The topological polar surface area (TPSA) is 51.8 Å². The van der Waals surface area contributed by atoms with Gasteiger partial charge in [0.2, 0.25) is 0 Å². The van der Waals surface area contributed by atoms with Crippen molar-refractivity contribution >= 4 is 5.82 Å². The number of aryl methyl sites for hydroxylation is 1. The highest BCUT2D eigenvalue weighted by Gasteiger charge is 2.21. The summed E-state index contributed by atoms with van der Waals surface area (Å²) >= 11 is 0. The van der Waals surface area contributed by atoms with Crippen LogP contribution in [-0.2, 0) is 12.8 Å². The Kier molecular flexibility index (Phi) is 2.97. The van der Waals surface area contributed by atoms with Crippen molar-refractivity contribution in [3.8, 4) is 0 Å². The second kappa shape index (κ2) is 4.77. The molecule has 0 aliphatic heterocycles. The molecule has 0 spiro atoms. The Labute approximate surface area is 107 Å². The molecule has 1 unspecified atom stereocenters. The smallest absolute Gasteiger partial charge is 0.123 e. The number of hydrogen-bond acceptors (Lipinski definition) is 3. The van der Waals surface area contributed by atoms with Gasteiger partial charge in [0.15, 0.2) is 0 Å². The van der Waals surface area contributed by atoms with Crippen LogP contribution in [0.2, 0.25) is 0 Å². The maximum absolute atomic E-state index is 5.73. The highest BCUT2D eigenvalue weighted by atomic mass is 14.8. The summed E-state index contributed by atoms with van der Waals surface area (Å²) in [6.45, 7) is 0. The van der Waals surface area contributed by atoms with Crippen molar-refractivity contribution in [1.29, 1.82) is 0 Å². The van der Waals surface area contributed by atoms with Crippen LogP contribution in [0, 0.1) is 0 Å². The van der Waals surface area contributed by atoms with Gasteiger partial charge in [-0.2, -0.15) is 0 Å². The first-order valence-corrected chi connectivity index (χ1v) is 6.47. The molecular weight excluding hydrogens is 222 g/mol. The van der Waals surface area contributed by atoms with Gasteiger partial charge in [0, 0.05) is 24.0 Å². The lowest BCUT2D eigenvalue weighted by atomic mass is 9.83. The molecule has 1 atom stereocenters. The third kappa shape index (κ3) is 2.21. The van der Waals surface area contributed by atoms with Crippen molar-refractivity contribution in [3.63, 3.8) is 0 Å². The van der Waals surface area contributed by atoms with Crippen molar-refractivity contribution in [2.45, 2.75) is 31.6 Å². The van der Waals surface area contributed by atoms with E-state index in [0.29, 0.717) is 11.7 Å². The Morgan fingerprint density at radius 3 is 3.06 bits per heavy atom. The lowest BCUT2D eigenvalue weighted by Gasteiger charge is -2.24. The number of fused-ring (bicyclic) bond motifs is 1. The van der Waals surface area contributed by atoms with Gasteiger partial charge in [0.1, 0.15) is 5.82 Å². The number of rotatable bonds is 2. The summed E-state index contributed by atoms with van der Waals surface area (Å²) < 4.78 is 0. The molecule has 2 N–H and O–H groups in total. The lowest BCUT2D eigenvalue weighted by Crippen LogP contribution is -2.14. The molecule has 0 amide bonds. The van der Waals surface area contributed by atoms with E-state index in [1.165, 1.54) is 29.7 Å². The van der Waals surface area contributed by atoms with E-state index in [0.717, 1.165) is 12.8 Å². The number of aromatic nitrogens is 2. The van der Waals surface area contributed by atoms with Gasteiger partial charge in [-0.25, -0.2) is 4.98 Å². The molecule has 3 nitrogen and oxygen atoms in total. The third-order valence-corrected chi connectivity index (χ3v) is 3.64. The first-order chi connectivity index (χ1) is 8.83. The molecule has 0 bridgehead atoms. The molecule has 0 radical (unpaired) electrons. The molecule has 0 aromatic carbocycles. The molecule has 0 fully saturated rings. The van der Waals surface area contributed by atoms with Crippen molar-refractivity contribution < 1.29 is 0 Å². The Balaban J connectivity index is 1.86. The van der Waals surface area contributed by atoms with E-state index in [9.17, 15) is 0 Å². The minimum Gasteiger partial charge on any atom is -0.384 e. The van der Waals surface area contributed by atoms with Gasteiger partial charge in [0.05, 0.1) is 0 Å². The Hall–Kier alpha value is -1.90. The maximum Gasteiger partial charge on any atom is 0.123 e. The normalized spacial score (nSPS) is 18.3. The monoisotopic (exact) mass is 239 g/mol. The fourth-order valence-corrected chi connectivity index (χ4v) is 2.81. The van der Waals surface area contributed by atoms with Gasteiger partial charge < -0.3 is 5.73 Å². The molecule has 18 heavy (non-hydrogen) atoms. The minimum absolute atomic E-state index is 0.525. The van der Waals surface area contributed by atoms with Crippen molar-refractivity contribution in [3.05, 3.63) is 53.5 Å². The number of nitrogen functional groups attached to an aromatic ring is 1. The van der Waals surface area contributed by atoms with E-state index in [4.69, 9.17) is 5.73 Å².